The van der Waals surface area contributed by atoms with Gasteiger partial charge in [-0.25, -0.2) is 13.6 Å². The first kappa shape index (κ1) is 25.6. The van der Waals surface area contributed by atoms with Crippen molar-refractivity contribution in [3.8, 4) is 0 Å². The fourth-order valence-electron chi connectivity index (χ4n) is 3.95. The molecule has 0 bridgehead atoms. The van der Waals surface area contributed by atoms with Gasteiger partial charge in [-0.3, -0.25) is 14.2 Å². The summed E-state index contributed by atoms with van der Waals surface area (Å²) in [5.74, 6) is -5.46. The Balaban J connectivity index is 2.18. The Labute approximate surface area is 216 Å². The van der Waals surface area contributed by atoms with E-state index in [1.54, 1.807) is 0 Å². The maximum Gasteiger partial charge on any atom is 0.338 e. The van der Waals surface area contributed by atoms with Crippen molar-refractivity contribution in [3.05, 3.63) is 94.3 Å². The molecule has 0 saturated heterocycles. The molecule has 0 saturated carbocycles. The fourth-order valence-corrected chi connectivity index (χ4v) is 5.61. The topological polar surface area (TPSA) is 117 Å². The SMILES string of the molecule is CCOC(=O)C1=C(N)n2c(s/c(=C\c3c(F)cccc3Cl)c2=O)=C(C(N)=O)[C@@H]1c1c(F)cccc1Cl. The van der Waals surface area contributed by atoms with Crippen LogP contribution in [0.25, 0.3) is 17.5 Å². The van der Waals surface area contributed by atoms with Gasteiger partial charge in [0.25, 0.3) is 5.56 Å². The molecule has 1 atom stereocenters. The maximum atomic E-state index is 15.1. The van der Waals surface area contributed by atoms with E-state index in [9.17, 15) is 18.8 Å². The minimum Gasteiger partial charge on any atom is -0.463 e. The van der Waals surface area contributed by atoms with Gasteiger partial charge < -0.3 is 16.2 Å². The number of amides is 1. The average molecular weight is 552 g/mol. The van der Waals surface area contributed by atoms with Crippen molar-refractivity contribution in [3.63, 3.8) is 0 Å². The zero-order valence-electron chi connectivity index (χ0n) is 18.5. The van der Waals surface area contributed by atoms with Gasteiger partial charge in [-0.15, -0.1) is 11.3 Å². The Kier molecular flexibility index (Phi) is 7.03. The molecule has 36 heavy (non-hydrogen) atoms. The van der Waals surface area contributed by atoms with Crippen LogP contribution in [-0.2, 0) is 14.3 Å². The molecule has 186 valence electrons. The summed E-state index contributed by atoms with van der Waals surface area (Å²) < 4.78 is 35.3. The highest BCUT2D eigenvalue weighted by Crippen LogP contribution is 2.41. The van der Waals surface area contributed by atoms with Gasteiger partial charge in [-0.05, 0) is 37.3 Å². The number of carbonyl (C=O) groups is 2. The Bertz CT molecular complexity index is 1610. The lowest BCUT2D eigenvalue weighted by atomic mass is 9.82. The largest absolute Gasteiger partial charge is 0.463 e. The van der Waals surface area contributed by atoms with E-state index in [1.165, 1.54) is 37.3 Å². The minimum absolute atomic E-state index is 0.0385. The number of carbonyl (C=O) groups excluding carboxylic acids is 2. The Hall–Kier alpha value is -3.47. The third kappa shape index (κ3) is 4.21. The van der Waals surface area contributed by atoms with Gasteiger partial charge in [-0.1, -0.05) is 35.3 Å². The number of benzene rings is 2. The van der Waals surface area contributed by atoms with E-state index in [0.29, 0.717) is 0 Å². The number of aromatic nitrogens is 1. The third-order valence-electron chi connectivity index (χ3n) is 5.47. The van der Waals surface area contributed by atoms with Crippen LogP contribution in [0.3, 0.4) is 0 Å². The molecule has 2 aromatic carbocycles. The zero-order valence-corrected chi connectivity index (χ0v) is 20.8. The highest BCUT2D eigenvalue weighted by atomic mass is 35.5. The molecule has 0 radical (unpaired) electrons. The van der Waals surface area contributed by atoms with Gasteiger partial charge in [0.2, 0.25) is 5.91 Å². The molecule has 2 heterocycles. The van der Waals surface area contributed by atoms with Crippen LogP contribution in [-0.4, -0.2) is 23.1 Å². The van der Waals surface area contributed by atoms with Crippen LogP contribution < -0.4 is 26.2 Å². The number of primary amides is 1. The molecule has 1 aromatic heterocycles. The lowest BCUT2D eigenvalue weighted by molar-refractivity contribution is -0.138. The molecule has 12 heteroatoms. The van der Waals surface area contributed by atoms with Gasteiger partial charge in [0, 0.05) is 16.1 Å². The van der Waals surface area contributed by atoms with Crippen molar-refractivity contribution in [2.45, 2.75) is 12.8 Å². The Morgan fingerprint density at radius 1 is 1.11 bits per heavy atom. The van der Waals surface area contributed by atoms with Crippen molar-refractivity contribution in [1.29, 1.82) is 0 Å². The summed E-state index contributed by atoms with van der Waals surface area (Å²) in [6, 6.07) is 7.80. The van der Waals surface area contributed by atoms with Gasteiger partial charge in [0.15, 0.2) is 0 Å². The minimum atomic E-state index is -1.47. The van der Waals surface area contributed by atoms with Crippen LogP contribution in [0, 0.1) is 11.6 Å². The standard InChI is InChI=1S/C24H17Cl2F2N3O4S/c1-2-35-24(34)18-17(16-12(26)6-4-8-14(16)28)19(21(30)32)23-31(20(18)29)22(33)15(36-23)9-10-11(25)5-3-7-13(10)27/h3-9,17H,2,29H2,1H3,(H2,30,32)/b15-9-/t17-/m1/s1. The molecular formula is C24H17Cl2F2N3O4S. The van der Waals surface area contributed by atoms with Crippen molar-refractivity contribution in [1.82, 2.24) is 4.57 Å². The monoisotopic (exact) mass is 551 g/mol. The number of esters is 1. The number of thiazole rings is 1. The number of halogens is 4. The zero-order chi connectivity index (χ0) is 26.3. The van der Waals surface area contributed by atoms with Crippen LogP contribution in [0.2, 0.25) is 10.0 Å². The number of rotatable bonds is 5. The summed E-state index contributed by atoms with van der Waals surface area (Å²) in [5.41, 5.74) is 10.2. The van der Waals surface area contributed by atoms with E-state index in [-0.39, 0.29) is 48.1 Å². The number of fused-ring (bicyclic) bond motifs is 1. The van der Waals surface area contributed by atoms with Crippen LogP contribution in [0.15, 0.2) is 46.8 Å². The molecule has 4 N–H and O–H groups in total. The normalized spacial score (nSPS) is 15.8. The lowest BCUT2D eigenvalue weighted by Crippen LogP contribution is -2.42. The first-order valence-corrected chi connectivity index (χ1v) is 12.0. The van der Waals surface area contributed by atoms with Crippen LogP contribution in [0.5, 0.6) is 0 Å². The van der Waals surface area contributed by atoms with E-state index in [4.69, 9.17) is 39.4 Å². The fraction of sp³-hybridized carbons (Fsp3) is 0.125. The third-order valence-corrected chi connectivity index (χ3v) is 7.24. The highest BCUT2D eigenvalue weighted by molar-refractivity contribution is 7.07. The van der Waals surface area contributed by atoms with E-state index >= 15 is 4.39 Å². The first-order valence-electron chi connectivity index (χ1n) is 10.4. The Morgan fingerprint density at radius 2 is 1.75 bits per heavy atom. The van der Waals surface area contributed by atoms with Gasteiger partial charge in [0.1, 0.15) is 22.1 Å². The molecule has 0 spiro atoms. The van der Waals surface area contributed by atoms with E-state index in [1.807, 2.05) is 0 Å². The molecule has 1 aliphatic rings. The molecule has 1 amide bonds. The predicted octanol–water partition coefficient (Wildman–Crippen LogP) is 2.45. The van der Waals surface area contributed by atoms with E-state index in [0.717, 1.165) is 28.0 Å². The number of hydrogen-bond acceptors (Lipinski definition) is 6. The predicted molar refractivity (Wildman–Crippen MR) is 134 cm³/mol. The average Bonchev–Trinajstić information content (AvgIpc) is 3.12. The molecule has 0 fully saturated rings. The molecule has 0 unspecified atom stereocenters. The molecule has 0 aliphatic carbocycles. The van der Waals surface area contributed by atoms with Gasteiger partial charge in [-0.2, -0.15) is 0 Å². The van der Waals surface area contributed by atoms with E-state index < -0.39 is 40.8 Å². The highest BCUT2D eigenvalue weighted by Gasteiger charge is 2.40. The summed E-state index contributed by atoms with van der Waals surface area (Å²) in [6.07, 6.45) is 1.19. The number of ether oxygens (including phenoxy) is 1. The second kappa shape index (κ2) is 9.88. The Morgan fingerprint density at radius 3 is 2.33 bits per heavy atom. The number of nitrogens with zero attached hydrogens (tertiary/aromatic N) is 1. The van der Waals surface area contributed by atoms with Gasteiger partial charge >= 0.3 is 5.97 Å². The summed E-state index contributed by atoms with van der Waals surface area (Å²) in [5, 5.41) is -0.0674. The van der Waals surface area contributed by atoms with Crippen LogP contribution in [0.1, 0.15) is 24.0 Å². The lowest BCUT2D eigenvalue weighted by Gasteiger charge is -2.27. The van der Waals surface area contributed by atoms with Crippen LogP contribution >= 0.6 is 34.5 Å². The van der Waals surface area contributed by atoms with Crippen molar-refractivity contribution in [2.75, 3.05) is 6.61 Å². The maximum absolute atomic E-state index is 15.1. The summed E-state index contributed by atoms with van der Waals surface area (Å²) in [7, 11) is 0. The number of nitrogens with two attached hydrogens (primary N) is 2. The number of hydrogen-bond donors (Lipinski definition) is 2. The molecular weight excluding hydrogens is 535 g/mol. The van der Waals surface area contributed by atoms with Crippen molar-refractivity contribution in [2.24, 2.45) is 11.5 Å². The second-order valence-corrected chi connectivity index (χ2v) is 9.40. The van der Waals surface area contributed by atoms with Crippen LogP contribution in [0.4, 0.5) is 8.78 Å². The smallest absolute Gasteiger partial charge is 0.338 e. The van der Waals surface area contributed by atoms with Gasteiger partial charge in [0.05, 0.1) is 33.2 Å². The summed E-state index contributed by atoms with van der Waals surface area (Å²) in [6.45, 7) is 1.46. The quantitative estimate of drug-likeness (QED) is 0.472. The molecule has 3 aromatic rings. The molecule has 1 aliphatic heterocycles. The van der Waals surface area contributed by atoms with Crippen molar-refractivity contribution >= 4 is 63.9 Å². The second-order valence-electron chi connectivity index (χ2n) is 7.56. The van der Waals surface area contributed by atoms with E-state index in [2.05, 4.69) is 0 Å². The summed E-state index contributed by atoms with van der Waals surface area (Å²) >= 11 is 13.1. The summed E-state index contributed by atoms with van der Waals surface area (Å²) in [4.78, 5) is 39.1. The molecule has 4 rings (SSSR count). The molecule has 7 nitrogen and oxygen atoms in total. The van der Waals surface area contributed by atoms with Crippen molar-refractivity contribution < 1.29 is 23.1 Å². The first-order chi connectivity index (χ1) is 17.1.